The largest absolute Gasteiger partial charge is 0.355 e. The van der Waals surface area contributed by atoms with Crippen molar-refractivity contribution in [2.45, 2.75) is 100 Å². The van der Waals surface area contributed by atoms with Gasteiger partial charge >= 0.3 is 0 Å². The van der Waals surface area contributed by atoms with Gasteiger partial charge in [-0.05, 0) is 266 Å². The molecule has 0 bridgehead atoms. The van der Waals surface area contributed by atoms with Crippen LogP contribution >= 0.6 is 0 Å². The van der Waals surface area contributed by atoms with Crippen molar-refractivity contribution in [2.75, 3.05) is 46.9 Å². The predicted molar refractivity (Wildman–Crippen MR) is 433 cm³/mol. The van der Waals surface area contributed by atoms with Crippen molar-refractivity contribution in [3.05, 3.63) is 294 Å². The molecule has 25 heteroatoms. The number of carbonyl (C=O) groups is 5. The fraction of sp³-hybridized carbons (Fsp3) is 0.222. The Morgan fingerprint density at radius 3 is 0.887 bits per heavy atom. The Kier molecular flexibility index (Phi) is 31.9. The second-order valence-electron chi connectivity index (χ2n) is 27.2. The van der Waals surface area contributed by atoms with Gasteiger partial charge in [0.05, 0.1) is 146 Å². The maximum Gasteiger partial charge on any atom is 0.276 e. The highest BCUT2D eigenvalue weighted by Crippen LogP contribution is 2.38. The van der Waals surface area contributed by atoms with Gasteiger partial charge in [0.2, 0.25) is 0 Å². The molecule has 0 spiro atoms. The maximum atomic E-state index is 14.1. The van der Waals surface area contributed by atoms with Crippen LogP contribution in [0.5, 0.6) is 0 Å². The number of hydroxylamine groups is 3. The van der Waals surface area contributed by atoms with Gasteiger partial charge in [-0.1, -0.05) is 48.9 Å². The first kappa shape index (κ1) is 86.6. The molecule has 2 aliphatic rings. The molecule has 0 aromatic heterocycles. The topological polar surface area (TPSA) is 328 Å². The summed E-state index contributed by atoms with van der Waals surface area (Å²) < 4.78 is 56.1. The van der Waals surface area contributed by atoms with Gasteiger partial charge in [-0.15, -0.1) is 0 Å². The van der Waals surface area contributed by atoms with Gasteiger partial charge in [-0.2, -0.15) is 26.3 Å². The van der Waals surface area contributed by atoms with E-state index in [1.54, 1.807) is 113 Å². The number of ketones is 2. The van der Waals surface area contributed by atoms with Crippen LogP contribution < -0.4 is 43.0 Å². The lowest BCUT2D eigenvalue weighted by atomic mass is 10.0. The van der Waals surface area contributed by atoms with Crippen molar-refractivity contribution < 1.29 is 56.0 Å². The van der Waals surface area contributed by atoms with E-state index in [0.717, 1.165) is 71.3 Å². The Morgan fingerprint density at radius 1 is 0.348 bits per heavy atom. The first-order chi connectivity index (χ1) is 55.3. The molecular weight excluding hydrogens is 1470 g/mol. The fourth-order valence-corrected chi connectivity index (χ4v) is 11.2. The van der Waals surface area contributed by atoms with Gasteiger partial charge in [0, 0.05) is 29.7 Å². The molecule has 12 rings (SSSR count). The molecule has 8 N–H and O–H groups in total. The average molecular weight is 1550 g/mol. The Hall–Kier alpha value is -14.0. The molecule has 0 heterocycles. The minimum atomic E-state index is -0.498. The summed E-state index contributed by atoms with van der Waals surface area (Å²) in [5.41, 5.74) is 20.4. The average Bonchev–Trinajstić information content (AvgIpc) is 1.82. The number of aryl methyl sites for hydroxylation is 6. The summed E-state index contributed by atoms with van der Waals surface area (Å²) in [7, 11) is 1.31. The molecule has 21 nitrogen and oxygen atoms in total. The van der Waals surface area contributed by atoms with Crippen LogP contribution in [0.1, 0.15) is 172 Å². The second kappa shape index (κ2) is 42.4. The van der Waals surface area contributed by atoms with Crippen LogP contribution in [0.25, 0.3) is 0 Å². The summed E-state index contributed by atoms with van der Waals surface area (Å²) in [5, 5.41) is 60.1. The fourth-order valence-electron chi connectivity index (χ4n) is 11.2. The number of benzene rings is 10. The Labute approximate surface area is 665 Å². The molecule has 10 aromatic carbocycles. The number of amides is 3. The number of hydrogen-bond donors (Lipinski definition) is 8. The number of nitrogens with zero attached hydrogens (tertiary/aromatic N) is 5. The standard InChI is InChI=1S/C20H20N2O.C19H17FN2O.C18H18FN3O2.C17H16FN3O2.C16H14FN3O2/c1-13-3-8-18(14(2)9-13)22-19-10-16(12-21)6-7-17(19)20(23)11-15-4-5-15;1-12-2-7-17(16(20)8-12)22-18-9-14(11-21)5-6-15(18)19(23)10-13-3-4-13;1-3-8-24-22-18(23)14-6-5-13(11-20)10-17(14)21-16-7-4-12(2)9-15(16)19;1-3-23-21-17(22)13-6-5-12(10-19)9-16(13)20-15-7-4-11(2)8-14(15)18;1-10-3-6-14(13(17)7-10)19-15-8-11(9-18)4-5-12(15)16(21)20-22-2/h3,6-10,15,22H,4-5,11H2,1-2H3;2,5-9,13,22H,3-4,10H2,1H3;4-7,9-10,21H,3,8H2,1-2H3,(H,22,23);4-9,20H,3H2,1-2H3,(H,21,22);3-8,19H,1-2H3,(H,20,21). The summed E-state index contributed by atoms with van der Waals surface area (Å²) in [6.07, 6.45) is 6.37. The first-order valence-electron chi connectivity index (χ1n) is 36.7. The second-order valence-corrected chi connectivity index (χ2v) is 27.2. The van der Waals surface area contributed by atoms with Gasteiger partial charge in [0.1, 0.15) is 23.3 Å². The molecule has 0 unspecified atom stereocenters. The van der Waals surface area contributed by atoms with Crippen molar-refractivity contribution in [1.29, 1.82) is 26.3 Å². The van der Waals surface area contributed by atoms with Gasteiger partial charge in [0.15, 0.2) is 11.6 Å². The predicted octanol–water partition coefficient (Wildman–Crippen LogP) is 19.9. The number of nitriles is 5. The number of anilines is 10. The van der Waals surface area contributed by atoms with E-state index in [1.165, 1.54) is 91.5 Å². The Morgan fingerprint density at radius 2 is 0.617 bits per heavy atom. The van der Waals surface area contributed by atoms with E-state index in [9.17, 15) is 41.5 Å². The zero-order valence-electron chi connectivity index (χ0n) is 64.9. The molecule has 0 radical (unpaired) electrons. The third-order valence-corrected chi connectivity index (χ3v) is 17.6. The zero-order chi connectivity index (χ0) is 83.3. The molecule has 115 heavy (non-hydrogen) atoms. The van der Waals surface area contributed by atoms with Crippen molar-refractivity contribution in [1.82, 2.24) is 16.4 Å². The van der Waals surface area contributed by atoms with Crippen LogP contribution in [-0.2, 0) is 14.5 Å². The number of rotatable bonds is 25. The molecule has 586 valence electrons. The summed E-state index contributed by atoms with van der Waals surface area (Å²) in [6, 6.07) is 58.9. The highest BCUT2D eigenvalue weighted by molar-refractivity contribution is 6.04. The molecule has 0 atom stereocenters. The number of nitrogens with one attached hydrogen (secondary N) is 8. The maximum absolute atomic E-state index is 14.1. The smallest absolute Gasteiger partial charge is 0.276 e. The molecular formula is C90H85F4N13O8. The minimum Gasteiger partial charge on any atom is -0.355 e. The van der Waals surface area contributed by atoms with E-state index in [1.807, 2.05) is 51.1 Å². The van der Waals surface area contributed by atoms with Gasteiger partial charge in [0.25, 0.3) is 17.7 Å². The lowest BCUT2D eigenvalue weighted by Crippen LogP contribution is -2.25. The Balaban J connectivity index is 0.000000180. The molecule has 2 saturated carbocycles. The van der Waals surface area contributed by atoms with Crippen LogP contribution in [-0.4, -0.2) is 49.6 Å². The number of halogens is 4. The number of carbonyl (C=O) groups excluding carboxylic acids is 5. The molecule has 2 aliphatic carbocycles. The normalized spacial score (nSPS) is 11.4. The van der Waals surface area contributed by atoms with Crippen LogP contribution in [0.4, 0.5) is 74.4 Å². The number of Topliss-reactive ketones (excluding diaryl/α,β-unsaturated/α-hetero) is 2. The minimum absolute atomic E-state index is 0.0343. The summed E-state index contributed by atoms with van der Waals surface area (Å²) >= 11 is 0. The quantitative estimate of drug-likeness (QED) is 0.0114. The van der Waals surface area contributed by atoms with E-state index in [4.69, 9.17) is 36.0 Å². The van der Waals surface area contributed by atoms with E-state index in [2.05, 4.69) is 73.0 Å². The number of hydrogen-bond acceptors (Lipinski definition) is 18. The molecule has 0 saturated heterocycles. The van der Waals surface area contributed by atoms with Crippen molar-refractivity contribution in [2.24, 2.45) is 11.8 Å². The molecule has 0 aliphatic heterocycles. The van der Waals surface area contributed by atoms with E-state index in [0.29, 0.717) is 105 Å². The van der Waals surface area contributed by atoms with Gasteiger partial charge < -0.3 is 26.6 Å². The van der Waals surface area contributed by atoms with Crippen molar-refractivity contribution in [3.63, 3.8) is 0 Å². The van der Waals surface area contributed by atoms with Crippen LogP contribution in [0, 0.1) is 133 Å². The highest BCUT2D eigenvalue weighted by atomic mass is 19.1. The monoisotopic (exact) mass is 1550 g/mol. The molecule has 10 aromatic rings. The molecule has 3 amide bonds. The lowest BCUT2D eigenvalue weighted by Gasteiger charge is -2.14. The van der Waals surface area contributed by atoms with Gasteiger partial charge in [-0.3, -0.25) is 38.5 Å². The molecule has 2 fully saturated rings. The summed E-state index contributed by atoms with van der Waals surface area (Å²) in [4.78, 5) is 75.7. The third kappa shape index (κ3) is 26.1. The van der Waals surface area contributed by atoms with Crippen LogP contribution in [0.2, 0.25) is 0 Å². The van der Waals surface area contributed by atoms with E-state index >= 15 is 0 Å². The van der Waals surface area contributed by atoms with E-state index < -0.39 is 35.2 Å². The van der Waals surface area contributed by atoms with Crippen molar-refractivity contribution >= 4 is 86.2 Å². The first-order valence-corrected chi connectivity index (χ1v) is 36.7. The lowest BCUT2D eigenvalue weighted by molar-refractivity contribution is 0.0315. The SMILES string of the molecule is CCCONC(=O)c1ccc(C#N)cc1Nc1ccc(C)cc1F.CCONC(=O)c1ccc(C#N)cc1Nc1ccc(C)cc1F.CONC(=O)c1ccc(C#N)cc1Nc1ccc(C)cc1F.Cc1ccc(Nc2cc(C#N)ccc2C(=O)CC2CC2)c(C)c1.Cc1ccc(Nc2cc(C#N)ccc2C(=O)CC2CC2)c(F)c1. The zero-order valence-corrected chi connectivity index (χ0v) is 64.9. The Bertz CT molecular complexity index is 5320. The van der Waals surface area contributed by atoms with Crippen LogP contribution in [0.3, 0.4) is 0 Å². The highest BCUT2D eigenvalue weighted by Gasteiger charge is 2.28. The van der Waals surface area contributed by atoms with E-state index in [-0.39, 0.29) is 51.1 Å². The van der Waals surface area contributed by atoms with Crippen molar-refractivity contribution in [3.8, 4) is 30.3 Å². The third-order valence-electron chi connectivity index (χ3n) is 17.6. The van der Waals surface area contributed by atoms with Crippen LogP contribution in [0.15, 0.2) is 182 Å². The van der Waals surface area contributed by atoms with Gasteiger partial charge in [-0.25, -0.2) is 34.0 Å². The summed E-state index contributed by atoms with van der Waals surface area (Å²) in [5.74, 6) is -1.94. The summed E-state index contributed by atoms with van der Waals surface area (Å²) in [6.45, 7) is 15.6.